The predicted octanol–water partition coefficient (Wildman–Crippen LogP) is 2.06. The lowest BCUT2D eigenvalue weighted by atomic mass is 9.89. The average Bonchev–Trinajstić information content (AvgIpc) is 2.86. The molecular weight excluding hydrogens is 246 g/mol. The van der Waals surface area contributed by atoms with Crippen LogP contribution in [0, 0.1) is 0 Å². The summed E-state index contributed by atoms with van der Waals surface area (Å²) in [6.07, 6.45) is 0. The third-order valence-corrected chi connectivity index (χ3v) is 3.75. The standard InChI is InChI=1S/C14H19NO4/c1-4-15(5-2)14(3,13(16)17)10-6-7-11-12(8-10)19-9-18-11/h6-8H,4-5,9H2,1-3H3,(H,16,17). The molecule has 0 radical (unpaired) electrons. The minimum atomic E-state index is -1.06. The van der Waals surface area contributed by atoms with Gasteiger partial charge in [0.25, 0.3) is 0 Å². The van der Waals surface area contributed by atoms with Crippen LogP contribution < -0.4 is 9.47 Å². The van der Waals surface area contributed by atoms with Gasteiger partial charge in [-0.1, -0.05) is 19.9 Å². The van der Waals surface area contributed by atoms with Gasteiger partial charge < -0.3 is 14.6 Å². The first-order valence-electron chi connectivity index (χ1n) is 6.42. The molecule has 0 fully saturated rings. The van der Waals surface area contributed by atoms with Crippen molar-refractivity contribution in [3.05, 3.63) is 23.8 Å². The van der Waals surface area contributed by atoms with Crippen molar-refractivity contribution in [2.75, 3.05) is 19.9 Å². The van der Waals surface area contributed by atoms with E-state index in [1.165, 1.54) is 0 Å². The summed E-state index contributed by atoms with van der Waals surface area (Å²) in [6, 6.07) is 5.32. The molecule has 0 saturated heterocycles. The Morgan fingerprint density at radius 3 is 2.53 bits per heavy atom. The van der Waals surface area contributed by atoms with Gasteiger partial charge in [0, 0.05) is 0 Å². The third-order valence-electron chi connectivity index (χ3n) is 3.75. The minimum absolute atomic E-state index is 0.188. The zero-order chi connectivity index (χ0) is 14.0. The summed E-state index contributed by atoms with van der Waals surface area (Å²) in [5.74, 6) is 0.406. The highest BCUT2D eigenvalue weighted by atomic mass is 16.7. The minimum Gasteiger partial charge on any atom is -0.480 e. The van der Waals surface area contributed by atoms with Crippen molar-refractivity contribution < 1.29 is 19.4 Å². The van der Waals surface area contributed by atoms with Crippen LogP contribution in [0.25, 0.3) is 0 Å². The molecule has 1 heterocycles. The number of carbonyl (C=O) groups is 1. The highest BCUT2D eigenvalue weighted by Crippen LogP contribution is 2.37. The van der Waals surface area contributed by atoms with Gasteiger partial charge in [0.05, 0.1) is 0 Å². The molecule has 1 aliphatic rings. The third kappa shape index (κ3) is 2.14. The molecule has 1 atom stereocenters. The highest BCUT2D eigenvalue weighted by Gasteiger charge is 2.40. The molecule has 0 saturated carbocycles. The maximum Gasteiger partial charge on any atom is 0.328 e. The number of nitrogens with zero attached hydrogens (tertiary/aromatic N) is 1. The molecular formula is C14H19NO4. The van der Waals surface area contributed by atoms with E-state index in [-0.39, 0.29) is 6.79 Å². The summed E-state index contributed by atoms with van der Waals surface area (Å²) in [7, 11) is 0. The zero-order valence-electron chi connectivity index (χ0n) is 11.5. The van der Waals surface area contributed by atoms with Crippen LogP contribution in [-0.2, 0) is 10.3 Å². The number of hydrogen-bond donors (Lipinski definition) is 1. The molecule has 5 nitrogen and oxygen atoms in total. The molecule has 0 spiro atoms. The topological polar surface area (TPSA) is 59.0 Å². The Bertz CT molecular complexity index is 484. The fourth-order valence-corrected chi connectivity index (χ4v) is 2.50. The van der Waals surface area contributed by atoms with Gasteiger partial charge in [-0.05, 0) is 37.7 Å². The smallest absolute Gasteiger partial charge is 0.328 e. The average molecular weight is 265 g/mol. The number of ether oxygens (including phenoxy) is 2. The monoisotopic (exact) mass is 265 g/mol. The lowest BCUT2D eigenvalue weighted by molar-refractivity contribution is -0.151. The number of rotatable bonds is 5. The van der Waals surface area contributed by atoms with E-state index in [4.69, 9.17) is 9.47 Å². The van der Waals surface area contributed by atoms with Crippen molar-refractivity contribution in [1.29, 1.82) is 0 Å². The Hall–Kier alpha value is -1.75. The van der Waals surface area contributed by atoms with E-state index in [1.807, 2.05) is 18.7 Å². The molecule has 2 rings (SSSR count). The second-order valence-electron chi connectivity index (χ2n) is 4.62. The maximum absolute atomic E-state index is 11.8. The van der Waals surface area contributed by atoms with E-state index < -0.39 is 11.5 Å². The molecule has 104 valence electrons. The van der Waals surface area contributed by atoms with Gasteiger partial charge >= 0.3 is 5.97 Å². The lowest BCUT2D eigenvalue weighted by Gasteiger charge is -2.37. The SMILES string of the molecule is CCN(CC)C(C)(C(=O)O)c1ccc2c(c1)OCO2. The molecule has 0 bridgehead atoms. The van der Waals surface area contributed by atoms with Crippen LogP contribution in [0.4, 0.5) is 0 Å². The molecule has 1 aromatic rings. The second kappa shape index (κ2) is 5.09. The number of fused-ring (bicyclic) bond motifs is 1. The predicted molar refractivity (Wildman–Crippen MR) is 70.5 cm³/mol. The molecule has 1 unspecified atom stereocenters. The van der Waals surface area contributed by atoms with E-state index in [1.54, 1.807) is 25.1 Å². The van der Waals surface area contributed by atoms with Crippen LogP contribution >= 0.6 is 0 Å². The van der Waals surface area contributed by atoms with Crippen LogP contribution in [0.5, 0.6) is 11.5 Å². The molecule has 1 N–H and O–H groups in total. The van der Waals surface area contributed by atoms with Gasteiger partial charge in [-0.3, -0.25) is 4.90 Å². The first kappa shape index (κ1) is 13.7. The van der Waals surface area contributed by atoms with Gasteiger partial charge in [0.15, 0.2) is 11.5 Å². The maximum atomic E-state index is 11.8. The van der Waals surface area contributed by atoms with Crippen molar-refractivity contribution in [3.8, 4) is 11.5 Å². The van der Waals surface area contributed by atoms with Crippen molar-refractivity contribution in [2.45, 2.75) is 26.3 Å². The summed E-state index contributed by atoms with van der Waals surface area (Å²) >= 11 is 0. The van der Waals surface area contributed by atoms with Gasteiger partial charge in [0.2, 0.25) is 6.79 Å². The largest absolute Gasteiger partial charge is 0.480 e. The molecule has 0 aromatic heterocycles. The van der Waals surface area contributed by atoms with E-state index in [0.29, 0.717) is 30.2 Å². The fourth-order valence-electron chi connectivity index (χ4n) is 2.50. The van der Waals surface area contributed by atoms with E-state index in [0.717, 1.165) is 0 Å². The van der Waals surface area contributed by atoms with E-state index in [9.17, 15) is 9.90 Å². The Morgan fingerprint density at radius 2 is 1.95 bits per heavy atom. The number of benzene rings is 1. The molecule has 1 aliphatic heterocycles. The van der Waals surface area contributed by atoms with Crippen LogP contribution in [0.2, 0.25) is 0 Å². The Labute approximate surface area is 112 Å². The first-order valence-corrected chi connectivity index (χ1v) is 6.42. The van der Waals surface area contributed by atoms with Gasteiger partial charge in [-0.25, -0.2) is 4.79 Å². The summed E-state index contributed by atoms with van der Waals surface area (Å²) < 4.78 is 10.6. The lowest BCUT2D eigenvalue weighted by Crippen LogP contribution is -2.49. The van der Waals surface area contributed by atoms with Crippen molar-refractivity contribution in [1.82, 2.24) is 4.90 Å². The summed E-state index contributed by atoms with van der Waals surface area (Å²) in [5.41, 5.74) is -0.363. The number of hydrogen-bond acceptors (Lipinski definition) is 4. The molecule has 19 heavy (non-hydrogen) atoms. The number of carboxylic acids is 1. The Kier molecular flexibility index (Phi) is 3.66. The summed E-state index contributed by atoms with van der Waals surface area (Å²) in [4.78, 5) is 13.7. The molecule has 0 aliphatic carbocycles. The quantitative estimate of drug-likeness (QED) is 0.883. The van der Waals surface area contributed by atoms with Crippen molar-refractivity contribution in [2.24, 2.45) is 0 Å². The molecule has 5 heteroatoms. The van der Waals surface area contributed by atoms with Gasteiger partial charge in [0.1, 0.15) is 5.54 Å². The Balaban J connectivity index is 2.47. The number of likely N-dealkylation sites (N-methyl/N-ethyl adjacent to an activating group) is 1. The van der Waals surface area contributed by atoms with E-state index >= 15 is 0 Å². The van der Waals surface area contributed by atoms with Gasteiger partial charge in [-0.15, -0.1) is 0 Å². The van der Waals surface area contributed by atoms with Crippen LogP contribution in [0.15, 0.2) is 18.2 Å². The highest BCUT2D eigenvalue weighted by molar-refractivity contribution is 5.80. The van der Waals surface area contributed by atoms with Crippen molar-refractivity contribution >= 4 is 5.97 Å². The summed E-state index contributed by atoms with van der Waals surface area (Å²) in [6.45, 7) is 7.14. The van der Waals surface area contributed by atoms with Crippen LogP contribution in [-0.4, -0.2) is 35.9 Å². The molecule has 1 aromatic carbocycles. The van der Waals surface area contributed by atoms with Crippen LogP contribution in [0.3, 0.4) is 0 Å². The van der Waals surface area contributed by atoms with Crippen molar-refractivity contribution in [3.63, 3.8) is 0 Å². The number of carboxylic acid groups (broad SMARTS) is 1. The zero-order valence-corrected chi connectivity index (χ0v) is 11.5. The normalized spacial score (nSPS) is 16.4. The number of aliphatic carboxylic acids is 1. The second-order valence-corrected chi connectivity index (χ2v) is 4.62. The van der Waals surface area contributed by atoms with Crippen LogP contribution in [0.1, 0.15) is 26.3 Å². The fraction of sp³-hybridized carbons (Fsp3) is 0.500. The van der Waals surface area contributed by atoms with Gasteiger partial charge in [-0.2, -0.15) is 0 Å². The first-order chi connectivity index (χ1) is 9.03. The molecule has 0 amide bonds. The summed E-state index contributed by atoms with van der Waals surface area (Å²) in [5, 5.41) is 9.65. The Morgan fingerprint density at radius 1 is 1.32 bits per heavy atom. The van der Waals surface area contributed by atoms with E-state index in [2.05, 4.69) is 0 Å².